The molecular formula is C16H19NO2. The van der Waals surface area contributed by atoms with Gasteiger partial charge in [-0.2, -0.15) is 0 Å². The van der Waals surface area contributed by atoms with Crippen LogP contribution >= 0.6 is 0 Å². The predicted molar refractivity (Wildman–Crippen MR) is 75.6 cm³/mol. The summed E-state index contributed by atoms with van der Waals surface area (Å²) in [7, 11) is 0. The zero-order valence-electron chi connectivity index (χ0n) is 10.7. The largest absolute Gasteiger partial charge is 0.395 e. The van der Waals surface area contributed by atoms with Crippen molar-refractivity contribution in [3.8, 4) is 0 Å². The fourth-order valence-corrected chi connectivity index (χ4v) is 2.27. The molecule has 100 valence electrons. The third-order valence-electron chi connectivity index (χ3n) is 3.29. The van der Waals surface area contributed by atoms with E-state index in [9.17, 15) is 5.11 Å². The average Bonchev–Trinajstić information content (AvgIpc) is 2.48. The first-order chi connectivity index (χ1) is 9.16. The fraction of sp³-hybridized carbons (Fsp3) is 0.250. The van der Waals surface area contributed by atoms with Crippen LogP contribution < -0.4 is 5.73 Å². The van der Waals surface area contributed by atoms with Crippen LogP contribution in [-0.2, 0) is 5.60 Å². The van der Waals surface area contributed by atoms with Gasteiger partial charge in [-0.15, -0.1) is 0 Å². The molecule has 19 heavy (non-hydrogen) atoms. The maximum absolute atomic E-state index is 11.1. The number of rotatable bonds is 5. The van der Waals surface area contributed by atoms with Crippen molar-refractivity contribution < 1.29 is 10.2 Å². The highest BCUT2D eigenvalue weighted by Gasteiger charge is 2.33. The van der Waals surface area contributed by atoms with Gasteiger partial charge in [0, 0.05) is 12.5 Å². The van der Waals surface area contributed by atoms with E-state index in [4.69, 9.17) is 10.8 Å². The van der Waals surface area contributed by atoms with E-state index in [1.165, 1.54) is 0 Å². The van der Waals surface area contributed by atoms with Crippen LogP contribution in [0.3, 0.4) is 0 Å². The number of aliphatic hydroxyl groups is 2. The van der Waals surface area contributed by atoms with Crippen LogP contribution in [0.25, 0.3) is 0 Å². The van der Waals surface area contributed by atoms with E-state index >= 15 is 0 Å². The normalized spacial score (nSPS) is 13.2. The second-order valence-electron chi connectivity index (χ2n) is 4.74. The van der Waals surface area contributed by atoms with Crippen molar-refractivity contribution in [1.82, 2.24) is 0 Å². The Balaban J connectivity index is 2.44. The first-order valence-electron chi connectivity index (χ1n) is 6.36. The second-order valence-corrected chi connectivity index (χ2v) is 4.74. The number of hydrogen-bond donors (Lipinski definition) is 3. The lowest BCUT2D eigenvalue weighted by atomic mass is 9.81. The van der Waals surface area contributed by atoms with Gasteiger partial charge in [-0.1, -0.05) is 60.7 Å². The van der Waals surface area contributed by atoms with E-state index < -0.39 is 11.6 Å². The molecule has 0 aliphatic carbocycles. The first kappa shape index (κ1) is 13.7. The zero-order valence-corrected chi connectivity index (χ0v) is 10.7. The molecule has 0 saturated heterocycles. The third kappa shape index (κ3) is 3.01. The summed E-state index contributed by atoms with van der Waals surface area (Å²) in [5, 5.41) is 20.2. The summed E-state index contributed by atoms with van der Waals surface area (Å²) in [4.78, 5) is 0. The monoisotopic (exact) mass is 257 g/mol. The van der Waals surface area contributed by atoms with E-state index in [1.807, 2.05) is 60.7 Å². The van der Waals surface area contributed by atoms with E-state index in [0.717, 1.165) is 11.1 Å². The molecule has 0 spiro atoms. The molecule has 0 aromatic heterocycles. The summed E-state index contributed by atoms with van der Waals surface area (Å²) >= 11 is 0. The highest BCUT2D eigenvalue weighted by atomic mass is 16.3. The average molecular weight is 257 g/mol. The van der Waals surface area contributed by atoms with Gasteiger partial charge >= 0.3 is 0 Å². The van der Waals surface area contributed by atoms with Gasteiger partial charge in [-0.05, 0) is 11.1 Å². The minimum atomic E-state index is -1.18. The SMILES string of the molecule is N[C@H](CO)CC(O)(c1ccccc1)c1ccccc1. The van der Waals surface area contributed by atoms with Gasteiger partial charge in [0.1, 0.15) is 5.60 Å². The van der Waals surface area contributed by atoms with Gasteiger partial charge in [0.25, 0.3) is 0 Å². The van der Waals surface area contributed by atoms with Crippen molar-refractivity contribution in [2.45, 2.75) is 18.1 Å². The molecule has 0 saturated carbocycles. The molecule has 0 heterocycles. The maximum Gasteiger partial charge on any atom is 0.116 e. The standard InChI is InChI=1S/C16H19NO2/c17-15(12-18)11-16(19,13-7-3-1-4-8-13)14-9-5-2-6-10-14/h1-10,15,18-19H,11-12,17H2/t15-/m0/s1. The lowest BCUT2D eigenvalue weighted by Gasteiger charge is -2.31. The summed E-state index contributed by atoms with van der Waals surface area (Å²) in [6, 6.07) is 18.4. The maximum atomic E-state index is 11.1. The van der Waals surface area contributed by atoms with Gasteiger partial charge in [0.15, 0.2) is 0 Å². The molecular weight excluding hydrogens is 238 g/mol. The smallest absolute Gasteiger partial charge is 0.116 e. The number of aliphatic hydroxyl groups excluding tert-OH is 1. The topological polar surface area (TPSA) is 66.5 Å². The zero-order chi connectivity index (χ0) is 13.7. The summed E-state index contributed by atoms with van der Waals surface area (Å²) < 4.78 is 0. The molecule has 3 heteroatoms. The summed E-state index contributed by atoms with van der Waals surface area (Å²) in [5.74, 6) is 0. The number of hydrogen-bond acceptors (Lipinski definition) is 3. The van der Waals surface area contributed by atoms with Crippen molar-refractivity contribution in [3.63, 3.8) is 0 Å². The van der Waals surface area contributed by atoms with Gasteiger partial charge in [0.05, 0.1) is 6.61 Å². The lowest BCUT2D eigenvalue weighted by molar-refractivity contribution is 0.0553. The number of nitrogens with two attached hydrogens (primary N) is 1. The molecule has 2 aromatic rings. The van der Waals surface area contributed by atoms with Crippen molar-refractivity contribution >= 4 is 0 Å². The Bertz CT molecular complexity index is 459. The Hall–Kier alpha value is -1.68. The Morgan fingerprint density at radius 1 is 0.895 bits per heavy atom. The van der Waals surface area contributed by atoms with Crippen molar-refractivity contribution in [2.24, 2.45) is 5.73 Å². The molecule has 0 unspecified atom stereocenters. The van der Waals surface area contributed by atoms with Crippen molar-refractivity contribution in [3.05, 3.63) is 71.8 Å². The van der Waals surface area contributed by atoms with Crippen LogP contribution in [0.5, 0.6) is 0 Å². The van der Waals surface area contributed by atoms with E-state index in [1.54, 1.807) is 0 Å². The summed E-state index contributed by atoms with van der Waals surface area (Å²) in [6.07, 6.45) is 0.275. The minimum Gasteiger partial charge on any atom is -0.395 e. The van der Waals surface area contributed by atoms with Crippen LogP contribution in [-0.4, -0.2) is 22.9 Å². The summed E-state index contributed by atoms with van der Waals surface area (Å²) in [6.45, 7) is -0.151. The highest BCUT2D eigenvalue weighted by molar-refractivity contribution is 5.36. The Kier molecular flexibility index (Phi) is 4.32. The molecule has 0 radical (unpaired) electrons. The van der Waals surface area contributed by atoms with Gasteiger partial charge in [-0.25, -0.2) is 0 Å². The van der Waals surface area contributed by atoms with Gasteiger partial charge in [0.2, 0.25) is 0 Å². The second kappa shape index (κ2) is 5.97. The predicted octanol–water partition coefficient (Wildman–Crippen LogP) is 1.63. The van der Waals surface area contributed by atoms with Crippen LogP contribution in [0.2, 0.25) is 0 Å². The molecule has 0 aliphatic heterocycles. The Labute approximate surface area is 113 Å². The summed E-state index contributed by atoms with van der Waals surface area (Å²) in [5.41, 5.74) is 6.21. The van der Waals surface area contributed by atoms with Crippen molar-refractivity contribution in [2.75, 3.05) is 6.61 Å². The molecule has 3 nitrogen and oxygen atoms in total. The Morgan fingerprint density at radius 3 is 1.68 bits per heavy atom. The molecule has 0 aliphatic rings. The van der Waals surface area contributed by atoms with E-state index in [2.05, 4.69) is 0 Å². The quantitative estimate of drug-likeness (QED) is 0.762. The van der Waals surface area contributed by atoms with Crippen LogP contribution in [0, 0.1) is 0 Å². The van der Waals surface area contributed by atoms with Crippen LogP contribution in [0.15, 0.2) is 60.7 Å². The molecule has 0 fully saturated rings. The fourth-order valence-electron chi connectivity index (χ4n) is 2.27. The van der Waals surface area contributed by atoms with Gasteiger partial charge < -0.3 is 15.9 Å². The van der Waals surface area contributed by atoms with Crippen LogP contribution in [0.4, 0.5) is 0 Å². The van der Waals surface area contributed by atoms with E-state index in [-0.39, 0.29) is 13.0 Å². The first-order valence-corrected chi connectivity index (χ1v) is 6.36. The Morgan fingerprint density at radius 2 is 1.32 bits per heavy atom. The number of benzene rings is 2. The molecule has 0 bridgehead atoms. The third-order valence-corrected chi connectivity index (χ3v) is 3.29. The molecule has 4 N–H and O–H groups in total. The molecule has 0 amide bonds. The molecule has 1 atom stereocenters. The van der Waals surface area contributed by atoms with Crippen LogP contribution in [0.1, 0.15) is 17.5 Å². The molecule has 2 rings (SSSR count). The minimum absolute atomic E-state index is 0.151. The van der Waals surface area contributed by atoms with Gasteiger partial charge in [-0.3, -0.25) is 0 Å². The van der Waals surface area contributed by atoms with Crippen molar-refractivity contribution in [1.29, 1.82) is 0 Å². The lowest BCUT2D eigenvalue weighted by Crippen LogP contribution is -2.37. The highest BCUT2D eigenvalue weighted by Crippen LogP contribution is 2.33. The van der Waals surface area contributed by atoms with E-state index in [0.29, 0.717) is 0 Å². The molecule has 2 aromatic carbocycles.